The molecule has 7 heteroatoms. The van der Waals surface area contributed by atoms with Crippen LogP contribution in [-0.4, -0.2) is 37.1 Å². The van der Waals surface area contributed by atoms with Crippen LogP contribution in [0.2, 0.25) is 0 Å². The maximum atomic E-state index is 12.7. The molecule has 2 N–H and O–H groups in total. The summed E-state index contributed by atoms with van der Waals surface area (Å²) in [6, 6.07) is 1.83. The monoisotopic (exact) mass is 330 g/mol. The summed E-state index contributed by atoms with van der Waals surface area (Å²) in [6.45, 7) is 5.75. The molecular weight excluding hydrogens is 308 g/mol. The van der Waals surface area contributed by atoms with Crippen molar-refractivity contribution in [3.63, 3.8) is 0 Å². The van der Waals surface area contributed by atoms with Crippen molar-refractivity contribution in [3.8, 4) is 0 Å². The van der Waals surface area contributed by atoms with Gasteiger partial charge >= 0.3 is 5.97 Å². The molecule has 24 heavy (non-hydrogen) atoms. The van der Waals surface area contributed by atoms with E-state index < -0.39 is 17.4 Å². The number of aromatic nitrogens is 3. The number of carboxylic acids is 1. The Morgan fingerprint density at radius 2 is 2.00 bits per heavy atom. The Bertz CT molecular complexity index is 804. The van der Waals surface area contributed by atoms with Gasteiger partial charge in [-0.25, -0.2) is 14.3 Å². The summed E-state index contributed by atoms with van der Waals surface area (Å²) in [6.07, 6.45) is 3.97. The third kappa shape index (κ3) is 2.74. The molecule has 0 atom stereocenters. The van der Waals surface area contributed by atoms with E-state index in [2.05, 4.69) is 22.3 Å². The van der Waals surface area contributed by atoms with Crippen molar-refractivity contribution in [2.24, 2.45) is 5.92 Å². The van der Waals surface area contributed by atoms with Crippen LogP contribution < -0.4 is 5.32 Å². The molecule has 2 aromatic heterocycles. The Labute approximate surface area is 140 Å². The third-order valence-corrected chi connectivity index (χ3v) is 4.98. The van der Waals surface area contributed by atoms with Gasteiger partial charge in [-0.15, -0.1) is 0 Å². The number of carbonyl (C=O) groups excluding carboxylic acids is 1. The van der Waals surface area contributed by atoms with Crippen molar-refractivity contribution >= 4 is 17.5 Å². The predicted octanol–water partition coefficient (Wildman–Crippen LogP) is 2.11. The van der Waals surface area contributed by atoms with E-state index in [9.17, 15) is 14.7 Å². The Kier molecular flexibility index (Phi) is 4.03. The van der Waals surface area contributed by atoms with E-state index in [4.69, 9.17) is 0 Å². The van der Waals surface area contributed by atoms with E-state index >= 15 is 0 Å². The molecular formula is C17H22N4O3. The first-order chi connectivity index (χ1) is 11.3. The van der Waals surface area contributed by atoms with Gasteiger partial charge < -0.3 is 10.4 Å². The molecule has 128 valence electrons. The van der Waals surface area contributed by atoms with Crippen LogP contribution in [0.4, 0.5) is 0 Å². The Morgan fingerprint density at radius 1 is 1.33 bits per heavy atom. The van der Waals surface area contributed by atoms with Gasteiger partial charge in [-0.2, -0.15) is 5.10 Å². The molecule has 1 aliphatic carbocycles. The molecule has 1 saturated carbocycles. The standard InChI is InChI=1S/C17H22N4O3/c1-10-4-6-17(7-5-10,16(23)24)19-15(22)13-9-18-14-8-11(2)20-21(14)12(13)3/h8-10H,4-7H2,1-3H3,(H,19,22)(H,23,24). The van der Waals surface area contributed by atoms with Gasteiger partial charge in [0.15, 0.2) is 5.65 Å². The van der Waals surface area contributed by atoms with Crippen LogP contribution in [0.5, 0.6) is 0 Å². The lowest BCUT2D eigenvalue weighted by Gasteiger charge is -2.36. The first-order valence-electron chi connectivity index (χ1n) is 8.20. The van der Waals surface area contributed by atoms with E-state index in [1.807, 2.05) is 13.0 Å². The van der Waals surface area contributed by atoms with Crippen LogP contribution in [0, 0.1) is 19.8 Å². The van der Waals surface area contributed by atoms with Gasteiger partial charge in [-0.05, 0) is 45.4 Å². The molecule has 0 spiro atoms. The molecule has 0 unspecified atom stereocenters. The second-order valence-corrected chi connectivity index (χ2v) is 6.84. The van der Waals surface area contributed by atoms with Crippen molar-refractivity contribution in [2.45, 2.75) is 52.0 Å². The Balaban J connectivity index is 1.91. The van der Waals surface area contributed by atoms with Crippen LogP contribution in [-0.2, 0) is 4.79 Å². The highest BCUT2D eigenvalue weighted by Crippen LogP contribution is 2.32. The summed E-state index contributed by atoms with van der Waals surface area (Å²) in [5.41, 5.74) is 1.29. The van der Waals surface area contributed by atoms with Gasteiger partial charge in [0.25, 0.3) is 5.91 Å². The third-order valence-electron chi connectivity index (χ3n) is 4.98. The summed E-state index contributed by atoms with van der Waals surface area (Å²) in [4.78, 5) is 28.8. The van der Waals surface area contributed by atoms with E-state index in [0.717, 1.165) is 18.5 Å². The predicted molar refractivity (Wildman–Crippen MR) is 87.9 cm³/mol. The fraction of sp³-hybridized carbons (Fsp3) is 0.529. The number of fused-ring (bicyclic) bond motifs is 1. The van der Waals surface area contributed by atoms with Crippen LogP contribution >= 0.6 is 0 Å². The molecule has 0 radical (unpaired) electrons. The van der Waals surface area contributed by atoms with Gasteiger partial charge in [0.05, 0.1) is 17.0 Å². The first kappa shape index (κ1) is 16.4. The van der Waals surface area contributed by atoms with E-state index in [1.165, 1.54) is 6.20 Å². The zero-order valence-electron chi connectivity index (χ0n) is 14.2. The second kappa shape index (κ2) is 5.89. The molecule has 1 aliphatic rings. The summed E-state index contributed by atoms with van der Waals surface area (Å²) < 4.78 is 1.61. The van der Waals surface area contributed by atoms with Crippen molar-refractivity contribution in [2.75, 3.05) is 0 Å². The largest absolute Gasteiger partial charge is 0.480 e. The molecule has 0 saturated heterocycles. The molecule has 0 aromatic carbocycles. The molecule has 0 bridgehead atoms. The number of nitrogens with zero attached hydrogens (tertiary/aromatic N) is 3. The van der Waals surface area contributed by atoms with Crippen molar-refractivity contribution in [1.82, 2.24) is 19.9 Å². The number of carbonyl (C=O) groups is 2. The molecule has 1 fully saturated rings. The molecule has 2 heterocycles. The topological polar surface area (TPSA) is 96.6 Å². The number of aliphatic carboxylic acids is 1. The van der Waals surface area contributed by atoms with E-state index in [0.29, 0.717) is 35.7 Å². The lowest BCUT2D eigenvalue weighted by molar-refractivity contribution is -0.146. The Hall–Kier alpha value is -2.44. The van der Waals surface area contributed by atoms with E-state index in [-0.39, 0.29) is 0 Å². The summed E-state index contributed by atoms with van der Waals surface area (Å²) in [5.74, 6) is -0.891. The number of hydrogen-bond acceptors (Lipinski definition) is 4. The molecule has 7 nitrogen and oxygen atoms in total. The average molecular weight is 330 g/mol. The molecule has 1 amide bonds. The summed E-state index contributed by atoms with van der Waals surface area (Å²) in [7, 11) is 0. The average Bonchev–Trinajstić information content (AvgIpc) is 2.91. The number of aryl methyl sites for hydroxylation is 2. The van der Waals surface area contributed by atoms with Gasteiger partial charge in [-0.1, -0.05) is 6.92 Å². The maximum absolute atomic E-state index is 12.7. The number of amides is 1. The fourth-order valence-electron chi connectivity index (χ4n) is 3.32. The highest BCUT2D eigenvalue weighted by Gasteiger charge is 2.42. The summed E-state index contributed by atoms with van der Waals surface area (Å²) in [5, 5.41) is 16.8. The van der Waals surface area contributed by atoms with Crippen molar-refractivity contribution in [1.29, 1.82) is 0 Å². The summed E-state index contributed by atoms with van der Waals surface area (Å²) >= 11 is 0. The van der Waals surface area contributed by atoms with Gasteiger partial charge in [-0.3, -0.25) is 4.79 Å². The van der Waals surface area contributed by atoms with Crippen molar-refractivity contribution < 1.29 is 14.7 Å². The number of hydrogen-bond donors (Lipinski definition) is 2. The fourth-order valence-corrected chi connectivity index (χ4v) is 3.32. The molecule has 2 aromatic rings. The Morgan fingerprint density at radius 3 is 2.62 bits per heavy atom. The highest BCUT2D eigenvalue weighted by molar-refractivity contribution is 5.98. The van der Waals surface area contributed by atoms with Gasteiger partial charge in [0.2, 0.25) is 0 Å². The van der Waals surface area contributed by atoms with Crippen LogP contribution in [0.1, 0.15) is 54.4 Å². The minimum Gasteiger partial charge on any atom is -0.480 e. The lowest BCUT2D eigenvalue weighted by Crippen LogP contribution is -2.56. The number of carboxylic acid groups (broad SMARTS) is 1. The molecule has 0 aliphatic heterocycles. The minimum atomic E-state index is -1.19. The highest BCUT2D eigenvalue weighted by atomic mass is 16.4. The normalized spacial score (nSPS) is 24.0. The van der Waals surface area contributed by atoms with E-state index in [1.54, 1.807) is 11.4 Å². The first-order valence-corrected chi connectivity index (χ1v) is 8.20. The molecule has 3 rings (SSSR count). The van der Waals surface area contributed by atoms with Crippen LogP contribution in [0.3, 0.4) is 0 Å². The van der Waals surface area contributed by atoms with Gasteiger partial charge in [0.1, 0.15) is 5.54 Å². The number of nitrogens with one attached hydrogen (secondary N) is 1. The smallest absolute Gasteiger partial charge is 0.329 e. The SMILES string of the molecule is Cc1cc2ncc(C(=O)NC3(C(=O)O)CCC(C)CC3)c(C)n2n1. The van der Waals surface area contributed by atoms with Crippen LogP contribution in [0.25, 0.3) is 5.65 Å². The van der Waals surface area contributed by atoms with Crippen LogP contribution in [0.15, 0.2) is 12.3 Å². The minimum absolute atomic E-state index is 0.352. The zero-order valence-corrected chi connectivity index (χ0v) is 14.2. The van der Waals surface area contributed by atoms with Crippen molar-refractivity contribution in [3.05, 3.63) is 29.2 Å². The number of rotatable bonds is 3. The van der Waals surface area contributed by atoms with Gasteiger partial charge in [0, 0.05) is 12.3 Å². The maximum Gasteiger partial charge on any atom is 0.329 e. The quantitative estimate of drug-likeness (QED) is 0.898. The lowest BCUT2D eigenvalue weighted by atomic mass is 9.77. The zero-order chi connectivity index (χ0) is 17.5. The second-order valence-electron chi connectivity index (χ2n) is 6.84.